The Bertz CT molecular complexity index is 615. The first kappa shape index (κ1) is 34.4. The van der Waals surface area contributed by atoms with Crippen molar-refractivity contribution in [3.05, 3.63) is 0 Å². The molecule has 0 aromatic heterocycles. The van der Waals surface area contributed by atoms with Gasteiger partial charge in [-0.25, -0.2) is 8.78 Å². The fraction of sp³-hybridized carbons (Fsp3) is 0.917. The van der Waals surface area contributed by atoms with Gasteiger partial charge >= 0.3 is 36.1 Å². The van der Waals surface area contributed by atoms with Gasteiger partial charge in [0.25, 0.3) is 0 Å². The maximum Gasteiger partial charge on any atom is 0.381 e. The van der Waals surface area contributed by atoms with E-state index in [1.807, 2.05) is 0 Å². The van der Waals surface area contributed by atoms with Crippen LogP contribution in [0.3, 0.4) is 0 Å². The number of esters is 2. The van der Waals surface area contributed by atoms with E-state index in [0.29, 0.717) is 6.42 Å². The molecule has 4 nitrogen and oxygen atoms in total. The smallest absolute Gasteiger partial charge is 0.381 e. The third kappa shape index (κ3) is 13.1. The molecule has 0 heterocycles. The summed E-state index contributed by atoms with van der Waals surface area (Å²) in [7, 11) is 0. The molecule has 12 heteroatoms. The number of rotatable bonds is 22. The maximum absolute atomic E-state index is 13.3. The number of halogens is 8. The molecule has 0 bridgehead atoms. The van der Waals surface area contributed by atoms with Crippen molar-refractivity contribution in [2.24, 2.45) is 0 Å². The monoisotopic (exact) mass is 542 g/mol. The van der Waals surface area contributed by atoms with Crippen molar-refractivity contribution < 1.29 is 54.2 Å². The number of carbonyl (C=O) groups excluding carboxylic acids is 2. The van der Waals surface area contributed by atoms with Crippen LogP contribution in [-0.2, 0) is 19.1 Å². The van der Waals surface area contributed by atoms with Crippen LogP contribution in [0.4, 0.5) is 35.1 Å². The highest BCUT2D eigenvalue weighted by Crippen LogP contribution is 2.48. The van der Waals surface area contributed by atoms with E-state index in [1.54, 1.807) is 0 Å². The third-order valence-electron chi connectivity index (χ3n) is 5.59. The van der Waals surface area contributed by atoms with Crippen molar-refractivity contribution in [3.63, 3.8) is 0 Å². The van der Waals surface area contributed by atoms with E-state index in [-0.39, 0.29) is 19.4 Å². The first-order valence-corrected chi connectivity index (χ1v) is 12.5. The molecule has 0 unspecified atom stereocenters. The minimum atomic E-state index is -6.44. The largest absolute Gasteiger partial charge is 0.466 e. The Kier molecular flexibility index (Phi) is 17.0. The Hall–Kier alpha value is -1.62. The summed E-state index contributed by atoms with van der Waals surface area (Å²) in [5.74, 6) is -20.6. The highest BCUT2D eigenvalue weighted by atomic mass is 19.4. The van der Waals surface area contributed by atoms with Gasteiger partial charge in [0, 0.05) is 12.8 Å². The third-order valence-corrected chi connectivity index (χ3v) is 5.59. The van der Waals surface area contributed by atoms with Crippen LogP contribution in [0.5, 0.6) is 0 Å². The number of unbranched alkanes of at least 4 members (excludes halogenated alkanes) is 11. The average Bonchev–Trinajstić information content (AvgIpc) is 2.80. The molecule has 0 fully saturated rings. The maximum atomic E-state index is 13.3. The molecule has 0 spiro atoms. The highest BCUT2D eigenvalue weighted by molar-refractivity contribution is 5.72. The van der Waals surface area contributed by atoms with Gasteiger partial charge in [-0.1, -0.05) is 77.6 Å². The fourth-order valence-electron chi connectivity index (χ4n) is 3.29. The molecule has 0 atom stereocenters. The van der Waals surface area contributed by atoms with Gasteiger partial charge in [0.2, 0.25) is 0 Å². The second-order valence-corrected chi connectivity index (χ2v) is 8.83. The number of carbonyl (C=O) groups is 2. The molecule has 214 valence electrons. The van der Waals surface area contributed by atoms with Crippen molar-refractivity contribution in [1.29, 1.82) is 0 Å². The molecular weight excluding hydrogens is 504 g/mol. The van der Waals surface area contributed by atoms with E-state index in [0.717, 1.165) is 19.3 Å². The highest BCUT2D eigenvalue weighted by Gasteiger charge is 2.75. The lowest BCUT2D eigenvalue weighted by molar-refractivity contribution is -0.344. The second kappa shape index (κ2) is 17.8. The molecule has 0 radical (unpaired) electrons. The van der Waals surface area contributed by atoms with Crippen LogP contribution in [0.15, 0.2) is 0 Å². The molecule has 0 saturated heterocycles. The van der Waals surface area contributed by atoms with Crippen molar-refractivity contribution in [1.82, 2.24) is 0 Å². The summed E-state index contributed by atoms with van der Waals surface area (Å²) in [4.78, 5) is 23.0. The van der Waals surface area contributed by atoms with Crippen molar-refractivity contribution in [2.75, 3.05) is 13.2 Å². The van der Waals surface area contributed by atoms with Crippen molar-refractivity contribution in [3.8, 4) is 0 Å². The summed E-state index contributed by atoms with van der Waals surface area (Å²) in [6, 6.07) is 0. The zero-order valence-electron chi connectivity index (χ0n) is 20.8. The first-order chi connectivity index (χ1) is 16.8. The van der Waals surface area contributed by atoms with Crippen LogP contribution >= 0.6 is 0 Å². The summed E-state index contributed by atoms with van der Waals surface area (Å²) in [6.07, 6.45) is 7.52. The predicted octanol–water partition coefficient (Wildman–Crippen LogP) is 8.12. The minimum absolute atomic E-state index is 0.181. The lowest BCUT2D eigenvalue weighted by Crippen LogP contribution is -2.59. The first-order valence-electron chi connectivity index (χ1n) is 12.5. The Labute approximate surface area is 207 Å². The van der Waals surface area contributed by atoms with Gasteiger partial charge < -0.3 is 9.47 Å². The van der Waals surface area contributed by atoms with Crippen LogP contribution < -0.4 is 0 Å². The SMILES string of the molecule is CCCCCCCCCCCCCCOC(=O)CCCC(=O)OCC(F)(F)C(F)(F)C(F)(F)C(F)F. The zero-order valence-corrected chi connectivity index (χ0v) is 20.8. The standard InChI is InChI=1S/C24H38F8O4/c1-2-3-4-5-6-7-8-9-10-11-12-13-17-35-19(33)15-14-16-20(34)36-18-22(27,28)24(31,32)23(29,30)21(25)26/h21H,2-18H2,1H3. The van der Waals surface area contributed by atoms with Crippen LogP contribution in [0.25, 0.3) is 0 Å². The summed E-state index contributed by atoms with van der Waals surface area (Å²) < 4.78 is 111. The number of alkyl halides is 8. The van der Waals surface area contributed by atoms with Gasteiger partial charge in [-0.05, 0) is 12.8 Å². The normalized spacial score (nSPS) is 12.7. The Balaban J connectivity index is 3.86. The van der Waals surface area contributed by atoms with E-state index < -0.39 is 49.2 Å². The van der Waals surface area contributed by atoms with Gasteiger partial charge in [0.05, 0.1) is 6.61 Å². The van der Waals surface area contributed by atoms with Gasteiger partial charge in [-0.2, -0.15) is 26.3 Å². The Morgan fingerprint density at radius 3 is 1.50 bits per heavy atom. The zero-order chi connectivity index (χ0) is 27.7. The molecule has 0 aliphatic carbocycles. The molecule has 0 aromatic carbocycles. The van der Waals surface area contributed by atoms with Crippen LogP contribution in [0.2, 0.25) is 0 Å². The lowest BCUT2D eigenvalue weighted by Gasteiger charge is -2.31. The summed E-state index contributed by atoms with van der Waals surface area (Å²) in [5, 5.41) is 0. The van der Waals surface area contributed by atoms with Gasteiger partial charge in [0.15, 0.2) is 6.61 Å². The Morgan fingerprint density at radius 1 is 0.639 bits per heavy atom. The molecule has 0 aromatic rings. The fourth-order valence-corrected chi connectivity index (χ4v) is 3.29. The van der Waals surface area contributed by atoms with Crippen LogP contribution in [-0.4, -0.2) is 49.3 Å². The minimum Gasteiger partial charge on any atom is -0.466 e. The molecular formula is C24H38F8O4. The summed E-state index contributed by atoms with van der Waals surface area (Å²) >= 11 is 0. The van der Waals surface area contributed by atoms with E-state index in [1.165, 1.54) is 51.4 Å². The van der Waals surface area contributed by atoms with E-state index >= 15 is 0 Å². The summed E-state index contributed by atoms with van der Waals surface area (Å²) in [6.45, 7) is -0.141. The number of hydrogen-bond donors (Lipinski definition) is 0. The predicted molar refractivity (Wildman–Crippen MR) is 118 cm³/mol. The van der Waals surface area contributed by atoms with Gasteiger partial charge in [-0.15, -0.1) is 0 Å². The van der Waals surface area contributed by atoms with Crippen molar-refractivity contribution in [2.45, 2.75) is 127 Å². The van der Waals surface area contributed by atoms with E-state index in [4.69, 9.17) is 4.74 Å². The van der Waals surface area contributed by atoms with E-state index in [2.05, 4.69) is 11.7 Å². The van der Waals surface area contributed by atoms with Gasteiger partial charge in [0.1, 0.15) is 0 Å². The molecule has 0 aliphatic rings. The molecule has 36 heavy (non-hydrogen) atoms. The molecule has 0 aliphatic heterocycles. The second-order valence-electron chi connectivity index (χ2n) is 8.83. The van der Waals surface area contributed by atoms with Crippen molar-refractivity contribution >= 4 is 11.9 Å². The quantitative estimate of drug-likeness (QED) is 0.0788. The molecule has 0 saturated carbocycles. The average molecular weight is 543 g/mol. The Morgan fingerprint density at radius 2 is 1.06 bits per heavy atom. The van der Waals surface area contributed by atoms with E-state index in [9.17, 15) is 44.7 Å². The van der Waals surface area contributed by atoms with Crippen LogP contribution in [0.1, 0.15) is 103 Å². The van der Waals surface area contributed by atoms with Crippen LogP contribution in [0, 0.1) is 0 Å². The molecule has 0 amide bonds. The summed E-state index contributed by atoms with van der Waals surface area (Å²) in [5.41, 5.74) is 0. The molecule has 0 N–H and O–H groups in total. The van der Waals surface area contributed by atoms with Gasteiger partial charge in [-0.3, -0.25) is 9.59 Å². The molecule has 0 rings (SSSR count). The number of ether oxygens (including phenoxy) is 2. The number of hydrogen-bond acceptors (Lipinski definition) is 4. The lowest BCUT2D eigenvalue weighted by atomic mass is 10.1. The topological polar surface area (TPSA) is 52.6 Å².